The van der Waals surface area contributed by atoms with Gasteiger partial charge in [0.15, 0.2) is 6.61 Å². The number of hydrogen-bond donors (Lipinski definition) is 1. The van der Waals surface area contributed by atoms with E-state index in [1.54, 1.807) is 30.5 Å². The molecule has 1 N–H and O–H groups in total. The molecule has 0 aliphatic carbocycles. The minimum Gasteiger partial charge on any atom is -0.452 e. The van der Waals surface area contributed by atoms with Crippen molar-refractivity contribution in [3.63, 3.8) is 0 Å². The number of esters is 1. The van der Waals surface area contributed by atoms with Crippen molar-refractivity contribution < 1.29 is 14.3 Å². The molecule has 1 heterocycles. The van der Waals surface area contributed by atoms with Crippen molar-refractivity contribution in [2.45, 2.75) is 0 Å². The van der Waals surface area contributed by atoms with E-state index in [0.29, 0.717) is 26.8 Å². The summed E-state index contributed by atoms with van der Waals surface area (Å²) in [5.74, 6) is -1.14. The van der Waals surface area contributed by atoms with Gasteiger partial charge in [0.25, 0.3) is 5.91 Å². The Morgan fingerprint density at radius 3 is 2.36 bits per heavy atom. The van der Waals surface area contributed by atoms with Crippen LogP contribution >= 0.6 is 23.2 Å². The van der Waals surface area contributed by atoms with Crippen LogP contribution in [0, 0.1) is 0 Å². The van der Waals surface area contributed by atoms with Gasteiger partial charge in [0.05, 0.1) is 16.6 Å². The maximum absolute atomic E-state index is 12.1. The SMILES string of the molecule is O=C(COC(=O)c1ccc2nccnc2c1)Nc1cc(Cl)cc(Cl)c1. The summed E-state index contributed by atoms with van der Waals surface area (Å²) in [7, 11) is 0. The van der Waals surface area contributed by atoms with Gasteiger partial charge >= 0.3 is 5.97 Å². The van der Waals surface area contributed by atoms with Crippen molar-refractivity contribution in [2.24, 2.45) is 0 Å². The van der Waals surface area contributed by atoms with Crippen LogP contribution in [-0.2, 0) is 9.53 Å². The molecule has 0 fully saturated rings. The van der Waals surface area contributed by atoms with Gasteiger partial charge in [0, 0.05) is 28.1 Å². The lowest BCUT2D eigenvalue weighted by Crippen LogP contribution is -2.21. The number of carbonyl (C=O) groups excluding carboxylic acids is 2. The van der Waals surface area contributed by atoms with E-state index in [0.717, 1.165) is 0 Å². The Kier molecular flexibility index (Phi) is 5.11. The largest absolute Gasteiger partial charge is 0.452 e. The van der Waals surface area contributed by atoms with E-state index >= 15 is 0 Å². The summed E-state index contributed by atoms with van der Waals surface area (Å²) in [5.41, 5.74) is 1.93. The maximum Gasteiger partial charge on any atom is 0.338 e. The molecule has 8 heteroatoms. The average molecular weight is 376 g/mol. The number of rotatable bonds is 4. The van der Waals surface area contributed by atoms with Gasteiger partial charge in [-0.1, -0.05) is 23.2 Å². The number of aromatic nitrogens is 2. The Morgan fingerprint density at radius 2 is 1.64 bits per heavy atom. The molecule has 0 aliphatic rings. The van der Waals surface area contributed by atoms with Crippen LogP contribution in [0.25, 0.3) is 11.0 Å². The molecule has 25 heavy (non-hydrogen) atoms. The van der Waals surface area contributed by atoms with Crippen molar-refractivity contribution in [3.8, 4) is 0 Å². The topological polar surface area (TPSA) is 81.2 Å². The molecule has 0 atom stereocenters. The second-order valence-electron chi connectivity index (χ2n) is 5.04. The Bertz CT molecular complexity index is 943. The minimum atomic E-state index is -0.633. The zero-order chi connectivity index (χ0) is 17.8. The summed E-state index contributed by atoms with van der Waals surface area (Å²) < 4.78 is 5.01. The lowest BCUT2D eigenvalue weighted by molar-refractivity contribution is -0.119. The number of benzene rings is 2. The minimum absolute atomic E-state index is 0.284. The van der Waals surface area contributed by atoms with Gasteiger partial charge in [0.1, 0.15) is 0 Å². The van der Waals surface area contributed by atoms with E-state index in [1.807, 2.05) is 0 Å². The molecule has 0 saturated heterocycles. The fourth-order valence-corrected chi connectivity index (χ4v) is 2.65. The number of amides is 1. The average Bonchev–Trinajstić information content (AvgIpc) is 2.58. The predicted molar refractivity (Wildman–Crippen MR) is 94.9 cm³/mol. The third-order valence-electron chi connectivity index (χ3n) is 3.19. The first-order chi connectivity index (χ1) is 12.0. The van der Waals surface area contributed by atoms with Crippen molar-refractivity contribution in [1.82, 2.24) is 9.97 Å². The highest BCUT2D eigenvalue weighted by atomic mass is 35.5. The number of halogens is 2. The second-order valence-corrected chi connectivity index (χ2v) is 5.92. The van der Waals surface area contributed by atoms with Crippen LogP contribution in [0.1, 0.15) is 10.4 Å². The van der Waals surface area contributed by atoms with Gasteiger partial charge in [-0.25, -0.2) is 4.79 Å². The summed E-state index contributed by atoms with van der Waals surface area (Å²) in [6.45, 7) is -0.443. The van der Waals surface area contributed by atoms with Gasteiger partial charge in [-0.2, -0.15) is 0 Å². The first-order valence-electron chi connectivity index (χ1n) is 7.15. The van der Waals surface area contributed by atoms with Crippen LogP contribution in [-0.4, -0.2) is 28.5 Å². The standard InChI is InChI=1S/C17H11Cl2N3O3/c18-11-6-12(19)8-13(7-11)22-16(23)9-25-17(24)10-1-2-14-15(5-10)21-4-3-20-14/h1-8H,9H2,(H,22,23). The summed E-state index contributed by atoms with van der Waals surface area (Å²) in [4.78, 5) is 32.2. The monoisotopic (exact) mass is 375 g/mol. The second kappa shape index (κ2) is 7.46. The molecule has 0 aliphatic heterocycles. The first-order valence-corrected chi connectivity index (χ1v) is 7.91. The maximum atomic E-state index is 12.1. The molecule has 1 aromatic heterocycles. The Labute approximate surface area is 152 Å². The molecule has 6 nitrogen and oxygen atoms in total. The van der Waals surface area contributed by atoms with Crippen LogP contribution in [0.2, 0.25) is 10.0 Å². The number of ether oxygens (including phenoxy) is 1. The number of nitrogens with zero attached hydrogens (tertiary/aromatic N) is 2. The van der Waals surface area contributed by atoms with E-state index < -0.39 is 18.5 Å². The fourth-order valence-electron chi connectivity index (χ4n) is 2.13. The summed E-state index contributed by atoms with van der Waals surface area (Å²) in [5, 5.41) is 3.32. The quantitative estimate of drug-likeness (QED) is 0.702. The number of hydrogen-bond acceptors (Lipinski definition) is 5. The molecule has 2 aromatic carbocycles. The van der Waals surface area contributed by atoms with E-state index in [4.69, 9.17) is 27.9 Å². The van der Waals surface area contributed by atoms with E-state index in [1.165, 1.54) is 18.3 Å². The van der Waals surface area contributed by atoms with Crippen molar-refractivity contribution in [1.29, 1.82) is 0 Å². The number of nitrogens with one attached hydrogen (secondary N) is 1. The van der Waals surface area contributed by atoms with Crippen LogP contribution in [0.4, 0.5) is 5.69 Å². The Morgan fingerprint density at radius 1 is 0.960 bits per heavy atom. The molecule has 0 radical (unpaired) electrons. The smallest absolute Gasteiger partial charge is 0.338 e. The zero-order valence-electron chi connectivity index (χ0n) is 12.7. The van der Waals surface area contributed by atoms with E-state index in [2.05, 4.69) is 15.3 Å². The Balaban J connectivity index is 1.61. The summed E-state index contributed by atoms with van der Waals surface area (Å²) in [6.07, 6.45) is 3.09. The number of carbonyl (C=O) groups is 2. The molecule has 0 saturated carbocycles. The molecule has 3 aromatic rings. The molecule has 126 valence electrons. The molecule has 3 rings (SSSR count). The van der Waals surface area contributed by atoms with Crippen LogP contribution in [0.15, 0.2) is 48.8 Å². The van der Waals surface area contributed by atoms with Gasteiger partial charge in [-0.05, 0) is 36.4 Å². The lowest BCUT2D eigenvalue weighted by Gasteiger charge is -2.08. The molecule has 0 bridgehead atoms. The van der Waals surface area contributed by atoms with Gasteiger partial charge in [-0.3, -0.25) is 14.8 Å². The van der Waals surface area contributed by atoms with E-state index in [-0.39, 0.29) is 5.56 Å². The third-order valence-corrected chi connectivity index (χ3v) is 3.62. The number of anilines is 1. The molecule has 0 spiro atoms. The highest BCUT2D eigenvalue weighted by Gasteiger charge is 2.12. The Hall–Kier alpha value is -2.70. The highest BCUT2D eigenvalue weighted by Crippen LogP contribution is 2.22. The molecular formula is C17H11Cl2N3O3. The lowest BCUT2D eigenvalue weighted by atomic mass is 10.2. The van der Waals surface area contributed by atoms with Gasteiger partial charge in [-0.15, -0.1) is 0 Å². The van der Waals surface area contributed by atoms with Crippen molar-refractivity contribution >= 4 is 51.8 Å². The van der Waals surface area contributed by atoms with Crippen molar-refractivity contribution in [3.05, 3.63) is 64.4 Å². The van der Waals surface area contributed by atoms with Crippen molar-refractivity contribution in [2.75, 3.05) is 11.9 Å². The number of fused-ring (bicyclic) bond motifs is 1. The third kappa shape index (κ3) is 4.43. The molecule has 0 unspecified atom stereocenters. The van der Waals surface area contributed by atoms with E-state index in [9.17, 15) is 9.59 Å². The van der Waals surface area contributed by atoms with Crippen LogP contribution in [0.3, 0.4) is 0 Å². The zero-order valence-corrected chi connectivity index (χ0v) is 14.2. The fraction of sp³-hybridized carbons (Fsp3) is 0.0588. The van der Waals surface area contributed by atoms with Gasteiger partial charge < -0.3 is 10.1 Å². The summed E-state index contributed by atoms with van der Waals surface area (Å²) >= 11 is 11.7. The van der Waals surface area contributed by atoms with Crippen LogP contribution in [0.5, 0.6) is 0 Å². The molecule has 1 amide bonds. The highest BCUT2D eigenvalue weighted by molar-refractivity contribution is 6.35. The van der Waals surface area contributed by atoms with Crippen LogP contribution < -0.4 is 5.32 Å². The molecular weight excluding hydrogens is 365 g/mol. The van der Waals surface area contributed by atoms with Gasteiger partial charge in [0.2, 0.25) is 0 Å². The summed E-state index contributed by atoms with van der Waals surface area (Å²) in [6, 6.07) is 9.39. The normalized spacial score (nSPS) is 10.5. The first kappa shape index (κ1) is 17.1. The predicted octanol–water partition coefficient (Wildman–Crippen LogP) is 3.73.